The minimum atomic E-state index is -0.198. The van der Waals surface area contributed by atoms with E-state index in [0.717, 1.165) is 16.8 Å². The quantitative estimate of drug-likeness (QED) is 0.769. The summed E-state index contributed by atoms with van der Waals surface area (Å²) in [5.41, 5.74) is 9.21. The SMILES string of the molecule is CNC(=O)c1cc(NCc2ccccc2CN)ccn1. The Balaban J connectivity index is 2.09. The van der Waals surface area contributed by atoms with E-state index < -0.39 is 0 Å². The second kappa shape index (κ2) is 6.68. The van der Waals surface area contributed by atoms with Crippen LogP contribution in [0.5, 0.6) is 0 Å². The minimum absolute atomic E-state index is 0.198. The van der Waals surface area contributed by atoms with Gasteiger partial charge in [0.05, 0.1) is 0 Å². The number of nitrogens with zero attached hydrogens (tertiary/aromatic N) is 1. The number of pyridine rings is 1. The lowest BCUT2D eigenvalue weighted by molar-refractivity contribution is 0.0958. The Bertz CT molecular complexity index is 598. The van der Waals surface area contributed by atoms with Crippen molar-refractivity contribution in [3.05, 3.63) is 59.4 Å². The molecule has 0 atom stereocenters. The van der Waals surface area contributed by atoms with Crippen LogP contribution in [-0.2, 0) is 13.1 Å². The molecule has 1 amide bonds. The third-order valence-corrected chi connectivity index (χ3v) is 3.04. The number of hydrogen-bond acceptors (Lipinski definition) is 4. The number of rotatable bonds is 5. The molecule has 0 unspecified atom stereocenters. The van der Waals surface area contributed by atoms with Crippen molar-refractivity contribution in [3.8, 4) is 0 Å². The maximum absolute atomic E-state index is 11.5. The van der Waals surface area contributed by atoms with E-state index >= 15 is 0 Å². The number of hydrogen-bond donors (Lipinski definition) is 3. The smallest absolute Gasteiger partial charge is 0.269 e. The van der Waals surface area contributed by atoms with Crippen molar-refractivity contribution in [1.29, 1.82) is 0 Å². The molecule has 4 N–H and O–H groups in total. The highest BCUT2D eigenvalue weighted by atomic mass is 16.1. The van der Waals surface area contributed by atoms with E-state index in [2.05, 4.69) is 15.6 Å². The van der Waals surface area contributed by atoms with Gasteiger partial charge in [-0.05, 0) is 23.3 Å². The molecule has 0 spiro atoms. The zero-order chi connectivity index (χ0) is 14.4. The molecule has 20 heavy (non-hydrogen) atoms. The van der Waals surface area contributed by atoms with E-state index in [0.29, 0.717) is 18.8 Å². The first-order valence-corrected chi connectivity index (χ1v) is 6.43. The largest absolute Gasteiger partial charge is 0.381 e. The lowest BCUT2D eigenvalue weighted by atomic mass is 10.1. The molecule has 0 aliphatic rings. The van der Waals surface area contributed by atoms with Crippen molar-refractivity contribution in [3.63, 3.8) is 0 Å². The molecule has 0 aliphatic carbocycles. The molecule has 0 radical (unpaired) electrons. The highest BCUT2D eigenvalue weighted by Crippen LogP contribution is 2.13. The maximum atomic E-state index is 11.5. The van der Waals surface area contributed by atoms with E-state index in [9.17, 15) is 4.79 Å². The van der Waals surface area contributed by atoms with E-state index in [4.69, 9.17) is 5.73 Å². The van der Waals surface area contributed by atoms with Gasteiger partial charge in [-0.3, -0.25) is 9.78 Å². The second-order valence-electron chi connectivity index (χ2n) is 4.34. The fourth-order valence-corrected chi connectivity index (χ4v) is 1.92. The van der Waals surface area contributed by atoms with Crippen LogP contribution in [0.4, 0.5) is 5.69 Å². The first kappa shape index (κ1) is 14.0. The summed E-state index contributed by atoms with van der Waals surface area (Å²) in [7, 11) is 1.58. The molecule has 5 heteroatoms. The van der Waals surface area contributed by atoms with Crippen LogP contribution < -0.4 is 16.4 Å². The summed E-state index contributed by atoms with van der Waals surface area (Å²) in [6.45, 7) is 1.17. The summed E-state index contributed by atoms with van der Waals surface area (Å²) in [5, 5.41) is 5.83. The summed E-state index contributed by atoms with van der Waals surface area (Å²) in [6.07, 6.45) is 1.61. The molecule has 104 valence electrons. The van der Waals surface area contributed by atoms with Crippen LogP contribution in [0.15, 0.2) is 42.6 Å². The lowest BCUT2D eigenvalue weighted by Gasteiger charge is -2.10. The monoisotopic (exact) mass is 270 g/mol. The number of nitrogens with one attached hydrogen (secondary N) is 2. The fraction of sp³-hybridized carbons (Fsp3) is 0.200. The average molecular weight is 270 g/mol. The van der Waals surface area contributed by atoms with E-state index in [1.165, 1.54) is 0 Å². The molecular formula is C15H18N4O. The van der Waals surface area contributed by atoms with Crippen LogP contribution in [0.3, 0.4) is 0 Å². The number of benzene rings is 1. The Morgan fingerprint density at radius 1 is 1.25 bits per heavy atom. The third-order valence-electron chi connectivity index (χ3n) is 3.04. The van der Waals surface area contributed by atoms with Gasteiger partial charge in [-0.15, -0.1) is 0 Å². The highest BCUT2D eigenvalue weighted by Gasteiger charge is 2.05. The van der Waals surface area contributed by atoms with Gasteiger partial charge in [0.15, 0.2) is 0 Å². The molecule has 5 nitrogen and oxygen atoms in total. The fourth-order valence-electron chi connectivity index (χ4n) is 1.92. The molecule has 0 saturated carbocycles. The number of aromatic nitrogens is 1. The number of nitrogens with two attached hydrogens (primary N) is 1. The topological polar surface area (TPSA) is 80.0 Å². The van der Waals surface area contributed by atoms with Crippen molar-refractivity contribution in [2.24, 2.45) is 5.73 Å². The summed E-state index contributed by atoms with van der Waals surface area (Å²) < 4.78 is 0. The molecule has 0 fully saturated rings. The van der Waals surface area contributed by atoms with Crippen molar-refractivity contribution in [2.75, 3.05) is 12.4 Å². The van der Waals surface area contributed by atoms with Gasteiger partial charge in [-0.1, -0.05) is 24.3 Å². The minimum Gasteiger partial charge on any atom is -0.381 e. The first-order valence-electron chi connectivity index (χ1n) is 6.43. The van der Waals surface area contributed by atoms with Crippen molar-refractivity contribution < 1.29 is 4.79 Å². The van der Waals surface area contributed by atoms with Crippen LogP contribution in [0, 0.1) is 0 Å². The van der Waals surface area contributed by atoms with Crippen molar-refractivity contribution in [1.82, 2.24) is 10.3 Å². The summed E-state index contributed by atoms with van der Waals surface area (Å²) >= 11 is 0. The van der Waals surface area contributed by atoms with Crippen LogP contribution >= 0.6 is 0 Å². The zero-order valence-electron chi connectivity index (χ0n) is 11.4. The van der Waals surface area contributed by atoms with Crippen LogP contribution in [0.2, 0.25) is 0 Å². The Kier molecular flexibility index (Phi) is 4.68. The normalized spacial score (nSPS) is 10.1. The highest BCUT2D eigenvalue weighted by molar-refractivity contribution is 5.92. The summed E-state index contributed by atoms with van der Waals surface area (Å²) in [4.78, 5) is 15.5. The average Bonchev–Trinajstić information content (AvgIpc) is 2.52. The molecule has 2 aromatic rings. The number of carbonyl (C=O) groups is 1. The van der Waals surface area contributed by atoms with E-state index in [1.807, 2.05) is 30.3 Å². The lowest BCUT2D eigenvalue weighted by Crippen LogP contribution is -2.19. The van der Waals surface area contributed by atoms with Gasteiger partial charge in [0, 0.05) is 32.0 Å². The van der Waals surface area contributed by atoms with Crippen LogP contribution in [-0.4, -0.2) is 17.9 Å². The molecule has 0 bridgehead atoms. The molecule has 1 heterocycles. The number of carbonyl (C=O) groups excluding carboxylic acids is 1. The molecule has 1 aromatic heterocycles. The van der Waals surface area contributed by atoms with Gasteiger partial charge in [0.25, 0.3) is 5.91 Å². The number of amides is 1. The maximum Gasteiger partial charge on any atom is 0.269 e. The standard InChI is InChI=1S/C15H18N4O/c1-17-15(20)14-8-13(6-7-18-14)19-10-12-5-3-2-4-11(12)9-16/h2-8H,9-10,16H2,1H3,(H,17,20)(H,18,19). The predicted octanol–water partition coefficient (Wildman–Crippen LogP) is 1.51. The van der Waals surface area contributed by atoms with Crippen molar-refractivity contribution >= 4 is 11.6 Å². The van der Waals surface area contributed by atoms with E-state index in [-0.39, 0.29) is 5.91 Å². The molecule has 0 aliphatic heterocycles. The molecule has 1 aromatic carbocycles. The Morgan fingerprint density at radius 2 is 2.00 bits per heavy atom. The second-order valence-corrected chi connectivity index (χ2v) is 4.34. The molecule has 2 rings (SSSR count). The van der Waals surface area contributed by atoms with Gasteiger partial charge in [-0.2, -0.15) is 0 Å². The van der Waals surface area contributed by atoms with Gasteiger partial charge in [0.1, 0.15) is 5.69 Å². The predicted molar refractivity (Wildman–Crippen MR) is 79.3 cm³/mol. The Labute approximate surface area is 118 Å². The van der Waals surface area contributed by atoms with Crippen LogP contribution in [0.1, 0.15) is 21.6 Å². The van der Waals surface area contributed by atoms with Gasteiger partial charge >= 0.3 is 0 Å². The van der Waals surface area contributed by atoms with Gasteiger partial charge in [-0.25, -0.2) is 0 Å². The Hall–Kier alpha value is -2.40. The zero-order valence-corrected chi connectivity index (χ0v) is 11.4. The molecule has 0 saturated heterocycles. The van der Waals surface area contributed by atoms with Gasteiger partial charge in [0.2, 0.25) is 0 Å². The third kappa shape index (κ3) is 3.33. The van der Waals surface area contributed by atoms with Crippen LogP contribution in [0.25, 0.3) is 0 Å². The number of anilines is 1. The molecular weight excluding hydrogens is 252 g/mol. The van der Waals surface area contributed by atoms with Gasteiger partial charge < -0.3 is 16.4 Å². The van der Waals surface area contributed by atoms with E-state index in [1.54, 1.807) is 19.3 Å². The van der Waals surface area contributed by atoms with Crippen molar-refractivity contribution in [2.45, 2.75) is 13.1 Å². The summed E-state index contributed by atoms with van der Waals surface area (Å²) in [6, 6.07) is 11.6. The Morgan fingerprint density at radius 3 is 2.70 bits per heavy atom. The first-order chi connectivity index (χ1) is 9.74. The summed E-state index contributed by atoms with van der Waals surface area (Å²) in [5.74, 6) is -0.198.